The van der Waals surface area contributed by atoms with Crippen molar-refractivity contribution in [2.24, 2.45) is 11.8 Å². The summed E-state index contributed by atoms with van der Waals surface area (Å²) >= 11 is 0. The predicted molar refractivity (Wildman–Crippen MR) is 131 cm³/mol. The van der Waals surface area contributed by atoms with Crippen LogP contribution in [0.2, 0.25) is 0 Å². The smallest absolute Gasteiger partial charge is 0.0929 e. The van der Waals surface area contributed by atoms with Crippen LogP contribution in [0.4, 0.5) is 0 Å². The second-order valence-corrected chi connectivity index (χ2v) is 10.3. The zero-order chi connectivity index (χ0) is 21.5. The fourth-order valence-electron chi connectivity index (χ4n) is 6.07. The molecule has 2 heteroatoms. The van der Waals surface area contributed by atoms with E-state index in [4.69, 9.17) is 0 Å². The number of hydrogen-bond acceptors (Lipinski definition) is 2. The van der Waals surface area contributed by atoms with Gasteiger partial charge >= 0.3 is 0 Å². The summed E-state index contributed by atoms with van der Waals surface area (Å²) in [6.45, 7) is 4.62. The monoisotopic (exact) mass is 418 g/mol. The topological polar surface area (TPSA) is 25.8 Å². The summed E-state index contributed by atoms with van der Waals surface area (Å²) in [7, 11) is 0. The SMILES string of the molecule is CCCC[C@H]1CC[C@H](c2ccc(-c3ccc([C@H]4CC[C@H](CCC)CC4)nn3)cc2)CC1. The number of rotatable bonds is 8. The molecule has 31 heavy (non-hydrogen) atoms. The summed E-state index contributed by atoms with van der Waals surface area (Å²) in [6.07, 6.45) is 17.8. The van der Waals surface area contributed by atoms with Gasteiger partial charge < -0.3 is 0 Å². The summed E-state index contributed by atoms with van der Waals surface area (Å²) in [5.41, 5.74) is 4.94. The number of unbranched alkanes of at least 4 members (excludes halogenated alkanes) is 1. The standard InChI is InChI=1S/C29H42N2/c1-3-5-7-23-8-12-24(13-9-23)25-16-18-27(19-17-25)29-21-20-28(30-31-29)26-14-10-22(6-4-2)11-15-26/h16-24,26H,3-15H2,1-2H3/t22-,23-,24-,26-. The fraction of sp³-hybridized carbons (Fsp3) is 0.655. The first kappa shape index (κ1) is 22.5. The molecule has 0 bridgehead atoms. The molecule has 0 spiro atoms. The highest BCUT2D eigenvalue weighted by Gasteiger charge is 2.24. The van der Waals surface area contributed by atoms with Gasteiger partial charge in [-0.15, -0.1) is 0 Å². The molecule has 168 valence electrons. The zero-order valence-corrected chi connectivity index (χ0v) is 19.9. The van der Waals surface area contributed by atoms with Crippen molar-refractivity contribution >= 4 is 0 Å². The van der Waals surface area contributed by atoms with Crippen molar-refractivity contribution in [1.82, 2.24) is 10.2 Å². The summed E-state index contributed by atoms with van der Waals surface area (Å²) in [5.74, 6) is 3.29. The molecule has 1 aromatic carbocycles. The highest BCUT2D eigenvalue weighted by molar-refractivity contribution is 5.59. The number of hydrogen-bond donors (Lipinski definition) is 0. The lowest BCUT2D eigenvalue weighted by Gasteiger charge is -2.29. The molecule has 2 nitrogen and oxygen atoms in total. The molecule has 0 aliphatic heterocycles. The van der Waals surface area contributed by atoms with E-state index in [9.17, 15) is 0 Å². The van der Waals surface area contributed by atoms with Gasteiger partial charge in [-0.05, 0) is 86.8 Å². The second-order valence-electron chi connectivity index (χ2n) is 10.3. The molecular weight excluding hydrogens is 376 g/mol. The third-order valence-corrected chi connectivity index (χ3v) is 8.14. The minimum Gasteiger partial charge on any atom is -0.155 e. The van der Waals surface area contributed by atoms with Crippen LogP contribution < -0.4 is 0 Å². The minimum absolute atomic E-state index is 0.615. The first-order chi connectivity index (χ1) is 15.3. The Morgan fingerprint density at radius 2 is 1.29 bits per heavy atom. The van der Waals surface area contributed by atoms with Gasteiger partial charge in [-0.3, -0.25) is 0 Å². The van der Waals surface area contributed by atoms with Crippen molar-refractivity contribution in [3.63, 3.8) is 0 Å². The Hall–Kier alpha value is -1.70. The maximum absolute atomic E-state index is 4.64. The Labute approximate surface area is 190 Å². The number of benzene rings is 1. The lowest BCUT2D eigenvalue weighted by Crippen LogP contribution is -2.14. The molecule has 0 atom stereocenters. The van der Waals surface area contributed by atoms with Crippen LogP contribution >= 0.6 is 0 Å². The van der Waals surface area contributed by atoms with Crippen LogP contribution in [0.3, 0.4) is 0 Å². The van der Waals surface area contributed by atoms with E-state index in [2.05, 4.69) is 60.4 Å². The Morgan fingerprint density at radius 3 is 1.87 bits per heavy atom. The molecule has 0 N–H and O–H groups in total. The van der Waals surface area contributed by atoms with E-state index in [1.54, 1.807) is 0 Å². The van der Waals surface area contributed by atoms with Gasteiger partial charge in [0.2, 0.25) is 0 Å². The van der Waals surface area contributed by atoms with Crippen LogP contribution in [-0.4, -0.2) is 10.2 Å². The predicted octanol–water partition coefficient (Wildman–Crippen LogP) is 8.68. The van der Waals surface area contributed by atoms with Gasteiger partial charge in [-0.25, -0.2) is 0 Å². The molecule has 0 unspecified atom stereocenters. The van der Waals surface area contributed by atoms with Gasteiger partial charge in [0.1, 0.15) is 0 Å². The maximum Gasteiger partial charge on any atom is 0.0929 e. The molecule has 0 radical (unpaired) electrons. The normalized spacial score (nSPS) is 26.6. The van der Waals surface area contributed by atoms with Crippen LogP contribution in [0.5, 0.6) is 0 Å². The Bertz CT molecular complexity index is 763. The highest BCUT2D eigenvalue weighted by atomic mass is 15.1. The Morgan fingerprint density at radius 1 is 0.645 bits per heavy atom. The van der Waals surface area contributed by atoms with E-state index in [1.165, 1.54) is 100 Å². The summed E-state index contributed by atoms with van der Waals surface area (Å²) in [4.78, 5) is 0. The summed E-state index contributed by atoms with van der Waals surface area (Å²) in [6, 6.07) is 13.6. The molecular formula is C29H42N2. The quantitative estimate of drug-likeness (QED) is 0.428. The minimum atomic E-state index is 0.615. The van der Waals surface area contributed by atoms with Crippen molar-refractivity contribution in [3.05, 3.63) is 47.7 Å². The van der Waals surface area contributed by atoms with Gasteiger partial charge in [-0.1, -0.05) is 70.2 Å². The maximum atomic E-state index is 4.64. The average Bonchev–Trinajstić information content (AvgIpc) is 2.84. The van der Waals surface area contributed by atoms with E-state index in [-0.39, 0.29) is 0 Å². The van der Waals surface area contributed by atoms with E-state index < -0.39 is 0 Å². The highest BCUT2D eigenvalue weighted by Crippen LogP contribution is 2.39. The lowest BCUT2D eigenvalue weighted by atomic mass is 9.77. The third kappa shape index (κ3) is 5.96. The molecule has 2 fully saturated rings. The molecule has 4 rings (SSSR count). The average molecular weight is 419 g/mol. The largest absolute Gasteiger partial charge is 0.155 e. The molecule has 1 aromatic heterocycles. The van der Waals surface area contributed by atoms with Crippen molar-refractivity contribution in [3.8, 4) is 11.3 Å². The van der Waals surface area contributed by atoms with Gasteiger partial charge in [0.25, 0.3) is 0 Å². The fourth-order valence-corrected chi connectivity index (χ4v) is 6.07. The first-order valence-electron chi connectivity index (χ1n) is 13.2. The van der Waals surface area contributed by atoms with Gasteiger partial charge in [0.05, 0.1) is 11.4 Å². The van der Waals surface area contributed by atoms with Gasteiger partial charge in [-0.2, -0.15) is 10.2 Å². The van der Waals surface area contributed by atoms with Gasteiger partial charge in [0, 0.05) is 11.5 Å². The summed E-state index contributed by atoms with van der Waals surface area (Å²) in [5, 5.41) is 9.25. The van der Waals surface area contributed by atoms with Crippen LogP contribution in [0.15, 0.2) is 36.4 Å². The first-order valence-corrected chi connectivity index (χ1v) is 13.2. The zero-order valence-electron chi connectivity index (χ0n) is 19.9. The lowest BCUT2D eigenvalue weighted by molar-refractivity contribution is 0.304. The Kier molecular flexibility index (Phi) is 8.16. The van der Waals surface area contributed by atoms with Crippen molar-refractivity contribution in [2.75, 3.05) is 0 Å². The van der Waals surface area contributed by atoms with Crippen molar-refractivity contribution in [1.29, 1.82) is 0 Å². The van der Waals surface area contributed by atoms with E-state index in [0.29, 0.717) is 5.92 Å². The molecule has 0 amide bonds. The molecule has 2 aliphatic rings. The van der Waals surface area contributed by atoms with Crippen LogP contribution in [0.25, 0.3) is 11.3 Å². The van der Waals surface area contributed by atoms with Crippen molar-refractivity contribution in [2.45, 2.75) is 109 Å². The molecule has 2 aliphatic carbocycles. The third-order valence-electron chi connectivity index (χ3n) is 8.14. The van der Waals surface area contributed by atoms with E-state index in [0.717, 1.165) is 23.4 Å². The Balaban J connectivity index is 1.31. The molecule has 0 saturated heterocycles. The molecule has 2 saturated carbocycles. The van der Waals surface area contributed by atoms with Crippen LogP contribution in [-0.2, 0) is 0 Å². The number of aromatic nitrogens is 2. The molecule has 1 heterocycles. The summed E-state index contributed by atoms with van der Waals surface area (Å²) < 4.78 is 0. The van der Waals surface area contributed by atoms with Crippen LogP contribution in [0, 0.1) is 11.8 Å². The molecule has 2 aromatic rings. The van der Waals surface area contributed by atoms with Gasteiger partial charge in [0.15, 0.2) is 0 Å². The number of nitrogens with zero attached hydrogens (tertiary/aromatic N) is 2. The van der Waals surface area contributed by atoms with E-state index in [1.807, 2.05) is 0 Å². The van der Waals surface area contributed by atoms with Crippen LogP contribution in [0.1, 0.15) is 120 Å². The second kappa shape index (κ2) is 11.2. The van der Waals surface area contributed by atoms with Crippen molar-refractivity contribution < 1.29 is 0 Å². The van der Waals surface area contributed by atoms with E-state index >= 15 is 0 Å².